The zero-order valence-corrected chi connectivity index (χ0v) is 14.6. The van der Waals surface area contributed by atoms with Crippen LogP contribution in [-0.4, -0.2) is 15.1 Å². The van der Waals surface area contributed by atoms with Gasteiger partial charge in [0.1, 0.15) is 17.4 Å². The number of H-pyrrole nitrogens is 1. The van der Waals surface area contributed by atoms with Gasteiger partial charge in [-0.05, 0) is 36.4 Å². The minimum atomic E-state index is -0.459. The van der Waals surface area contributed by atoms with Crippen molar-refractivity contribution < 1.29 is 5.11 Å². The highest BCUT2D eigenvalue weighted by atomic mass is 35.5. The van der Waals surface area contributed by atoms with Crippen molar-refractivity contribution in [1.29, 1.82) is 5.26 Å². The highest BCUT2D eigenvalue weighted by Crippen LogP contribution is 2.30. The second-order valence-corrected chi connectivity index (χ2v) is 6.32. The molecule has 0 atom stereocenters. The third-order valence-corrected chi connectivity index (χ3v) is 4.22. The summed E-state index contributed by atoms with van der Waals surface area (Å²) >= 11 is 17.8. The Bertz CT molecular complexity index is 1130. The summed E-state index contributed by atoms with van der Waals surface area (Å²) in [6, 6.07) is 10.8. The van der Waals surface area contributed by atoms with Crippen LogP contribution in [0.25, 0.3) is 22.2 Å². The zero-order valence-electron chi connectivity index (χ0n) is 12.3. The van der Waals surface area contributed by atoms with Crippen LogP contribution in [0.4, 0.5) is 0 Å². The average Bonchev–Trinajstić information content (AvgIpc) is 2.55. The van der Waals surface area contributed by atoms with Gasteiger partial charge in [0.15, 0.2) is 5.82 Å². The van der Waals surface area contributed by atoms with Crippen LogP contribution >= 0.6 is 34.8 Å². The van der Waals surface area contributed by atoms with Crippen LogP contribution in [0, 0.1) is 11.3 Å². The van der Waals surface area contributed by atoms with E-state index in [1.165, 1.54) is 30.3 Å². The van der Waals surface area contributed by atoms with Crippen molar-refractivity contribution in [1.82, 2.24) is 9.97 Å². The van der Waals surface area contributed by atoms with Gasteiger partial charge in [-0.3, -0.25) is 4.79 Å². The van der Waals surface area contributed by atoms with Gasteiger partial charge in [-0.25, -0.2) is 4.98 Å². The van der Waals surface area contributed by atoms with Gasteiger partial charge >= 0.3 is 0 Å². The molecule has 0 aliphatic rings. The first-order chi connectivity index (χ1) is 11.9. The largest absolute Gasteiger partial charge is 0.506 e. The maximum atomic E-state index is 12.2. The van der Waals surface area contributed by atoms with Crippen LogP contribution in [0.5, 0.6) is 0 Å². The molecular formula is C17H8Cl3N3O2. The SMILES string of the molecule is N#C/C(=C(\O)c1ccc(Cl)cc1Cl)c1nc2cc(Cl)ccc2c(=O)[nH]1. The highest BCUT2D eigenvalue weighted by molar-refractivity contribution is 6.35. The topological polar surface area (TPSA) is 89.8 Å². The van der Waals surface area contributed by atoms with Crippen LogP contribution in [0.15, 0.2) is 41.2 Å². The van der Waals surface area contributed by atoms with Crippen molar-refractivity contribution in [3.05, 3.63) is 73.2 Å². The molecule has 0 fully saturated rings. The number of rotatable bonds is 2. The van der Waals surface area contributed by atoms with Crippen molar-refractivity contribution in [2.24, 2.45) is 0 Å². The van der Waals surface area contributed by atoms with Crippen molar-refractivity contribution in [2.75, 3.05) is 0 Å². The Hall–Kier alpha value is -2.52. The molecule has 3 rings (SSSR count). The Balaban J connectivity index is 2.26. The first-order valence-electron chi connectivity index (χ1n) is 6.89. The molecule has 1 heterocycles. The van der Waals surface area contributed by atoms with E-state index in [-0.39, 0.29) is 22.0 Å². The van der Waals surface area contributed by atoms with Crippen LogP contribution in [0.1, 0.15) is 11.4 Å². The Morgan fingerprint density at radius 2 is 1.80 bits per heavy atom. The van der Waals surface area contributed by atoms with Gasteiger partial charge in [0.25, 0.3) is 5.56 Å². The van der Waals surface area contributed by atoms with E-state index in [0.717, 1.165) is 0 Å². The Kier molecular flexibility index (Phi) is 4.69. The number of nitrogens with zero attached hydrogens (tertiary/aromatic N) is 2. The van der Waals surface area contributed by atoms with Gasteiger partial charge in [-0.1, -0.05) is 34.8 Å². The number of hydrogen-bond acceptors (Lipinski definition) is 4. The molecule has 25 heavy (non-hydrogen) atoms. The van der Waals surface area contributed by atoms with Crippen LogP contribution in [-0.2, 0) is 0 Å². The number of benzene rings is 2. The van der Waals surface area contributed by atoms with E-state index in [2.05, 4.69) is 9.97 Å². The number of hydrogen-bond donors (Lipinski definition) is 2. The number of halogens is 3. The fourth-order valence-corrected chi connectivity index (χ4v) is 2.93. The Morgan fingerprint density at radius 1 is 1.12 bits per heavy atom. The molecule has 0 radical (unpaired) electrons. The average molecular weight is 393 g/mol. The van der Waals surface area contributed by atoms with Gasteiger partial charge < -0.3 is 10.1 Å². The molecule has 0 aliphatic heterocycles. The fraction of sp³-hybridized carbons (Fsp3) is 0. The molecule has 0 bridgehead atoms. The standard InChI is InChI=1S/C17H8Cl3N3O2/c18-8-1-3-10(13(20)5-8)15(24)12(7-21)16-22-14-6-9(19)2-4-11(14)17(25)23-16/h1-6,24H,(H,22,23,25)/b15-12+. The van der Waals surface area contributed by atoms with E-state index in [0.29, 0.717) is 20.9 Å². The summed E-state index contributed by atoms with van der Waals surface area (Å²) in [5.74, 6) is -0.514. The van der Waals surface area contributed by atoms with Gasteiger partial charge in [0.2, 0.25) is 0 Å². The van der Waals surface area contributed by atoms with E-state index < -0.39 is 11.3 Å². The summed E-state index contributed by atoms with van der Waals surface area (Å²) in [6.45, 7) is 0. The van der Waals surface area contributed by atoms with Gasteiger partial charge in [0, 0.05) is 15.6 Å². The molecule has 1 aromatic heterocycles. The third kappa shape index (κ3) is 3.33. The number of nitrogens with one attached hydrogen (secondary N) is 1. The molecule has 5 nitrogen and oxygen atoms in total. The number of aromatic nitrogens is 2. The second kappa shape index (κ2) is 6.77. The molecule has 0 aliphatic carbocycles. The molecular weight excluding hydrogens is 385 g/mol. The summed E-state index contributed by atoms with van der Waals surface area (Å²) in [5.41, 5.74) is -0.201. The summed E-state index contributed by atoms with van der Waals surface area (Å²) in [6.07, 6.45) is 0. The molecule has 124 valence electrons. The molecule has 0 amide bonds. The molecule has 8 heteroatoms. The van der Waals surface area contributed by atoms with E-state index in [4.69, 9.17) is 34.8 Å². The van der Waals surface area contributed by atoms with E-state index in [1.807, 2.05) is 6.07 Å². The van der Waals surface area contributed by atoms with Crippen LogP contribution in [0.2, 0.25) is 15.1 Å². The first kappa shape index (κ1) is 17.3. The molecule has 0 saturated heterocycles. The van der Waals surface area contributed by atoms with E-state index >= 15 is 0 Å². The zero-order chi connectivity index (χ0) is 18.1. The molecule has 0 saturated carbocycles. The number of aromatic amines is 1. The summed E-state index contributed by atoms with van der Waals surface area (Å²) < 4.78 is 0. The monoisotopic (exact) mass is 391 g/mol. The minimum absolute atomic E-state index is 0.0919. The van der Waals surface area contributed by atoms with Crippen molar-refractivity contribution in [2.45, 2.75) is 0 Å². The lowest BCUT2D eigenvalue weighted by molar-refractivity contribution is 0.514. The summed E-state index contributed by atoms with van der Waals surface area (Å²) in [4.78, 5) is 18.9. The number of nitriles is 1. The van der Waals surface area contributed by atoms with Gasteiger partial charge in [-0.15, -0.1) is 0 Å². The van der Waals surface area contributed by atoms with E-state index in [9.17, 15) is 15.2 Å². The summed E-state index contributed by atoms with van der Waals surface area (Å²) in [5, 5.41) is 21.2. The number of aliphatic hydroxyl groups is 1. The minimum Gasteiger partial charge on any atom is -0.506 e. The molecule has 0 spiro atoms. The number of allylic oxidation sites excluding steroid dienone is 1. The van der Waals surface area contributed by atoms with Gasteiger partial charge in [0.05, 0.1) is 15.9 Å². The smallest absolute Gasteiger partial charge is 0.259 e. The number of fused-ring (bicyclic) bond motifs is 1. The second-order valence-electron chi connectivity index (χ2n) is 5.04. The molecule has 3 aromatic rings. The lowest BCUT2D eigenvalue weighted by atomic mass is 10.1. The molecule has 2 N–H and O–H groups in total. The lowest BCUT2D eigenvalue weighted by Crippen LogP contribution is -2.12. The van der Waals surface area contributed by atoms with Crippen LogP contribution < -0.4 is 5.56 Å². The van der Waals surface area contributed by atoms with E-state index in [1.54, 1.807) is 6.07 Å². The molecule has 0 unspecified atom stereocenters. The number of aliphatic hydroxyl groups excluding tert-OH is 1. The predicted molar refractivity (Wildman–Crippen MR) is 98.9 cm³/mol. The Morgan fingerprint density at radius 3 is 2.48 bits per heavy atom. The quantitative estimate of drug-likeness (QED) is 0.482. The van der Waals surface area contributed by atoms with Crippen LogP contribution in [0.3, 0.4) is 0 Å². The predicted octanol–water partition coefficient (Wildman–Crippen LogP) is 4.83. The lowest BCUT2D eigenvalue weighted by Gasteiger charge is -2.07. The molecule has 2 aromatic carbocycles. The first-order valence-corrected chi connectivity index (χ1v) is 8.03. The van der Waals surface area contributed by atoms with Crippen molar-refractivity contribution in [3.8, 4) is 6.07 Å². The normalized spacial score (nSPS) is 11.9. The third-order valence-electron chi connectivity index (χ3n) is 3.44. The maximum absolute atomic E-state index is 12.2. The van der Waals surface area contributed by atoms with Gasteiger partial charge in [-0.2, -0.15) is 5.26 Å². The Labute approximate surface area is 156 Å². The van der Waals surface area contributed by atoms with Crippen molar-refractivity contribution >= 4 is 57.0 Å². The summed E-state index contributed by atoms with van der Waals surface area (Å²) in [7, 11) is 0. The maximum Gasteiger partial charge on any atom is 0.259 e. The fourth-order valence-electron chi connectivity index (χ4n) is 2.27. The highest BCUT2D eigenvalue weighted by Gasteiger charge is 2.17. The van der Waals surface area contributed by atoms with Crippen molar-refractivity contribution in [3.63, 3.8) is 0 Å².